The summed E-state index contributed by atoms with van der Waals surface area (Å²) in [5.41, 5.74) is 2.97. The van der Waals surface area contributed by atoms with Gasteiger partial charge in [0.15, 0.2) is 0 Å². The smallest absolute Gasteiger partial charge is 0.215 e. The van der Waals surface area contributed by atoms with Gasteiger partial charge in [0.25, 0.3) is 0 Å². The summed E-state index contributed by atoms with van der Waals surface area (Å²) in [5, 5.41) is 7.74. The number of benzene rings is 1. The molecule has 1 rings (SSSR count). The van der Waals surface area contributed by atoms with Crippen LogP contribution in [0.4, 0.5) is 0 Å². The van der Waals surface area contributed by atoms with Crippen LogP contribution in [0.1, 0.15) is 16.7 Å². The van der Waals surface area contributed by atoms with E-state index in [0.29, 0.717) is 6.41 Å². The van der Waals surface area contributed by atoms with E-state index in [4.69, 9.17) is 5.41 Å². The normalized spacial score (nSPS) is 9.64. The molecule has 0 bridgehead atoms. The summed E-state index contributed by atoms with van der Waals surface area (Å²) in [7, 11) is 1.58. The number of rotatable bonds is 2. The van der Waals surface area contributed by atoms with Gasteiger partial charge in [-0.15, -0.1) is 0 Å². The molecule has 0 aliphatic carbocycles. The summed E-state index contributed by atoms with van der Waals surface area (Å²) in [5.74, 6) is 0.234. The monoisotopic (exact) mass is 190 g/mol. The van der Waals surface area contributed by atoms with Crippen LogP contribution >= 0.6 is 0 Å². The Kier molecular flexibility index (Phi) is 3.02. The van der Waals surface area contributed by atoms with Gasteiger partial charge >= 0.3 is 0 Å². The highest BCUT2D eigenvalue weighted by Crippen LogP contribution is 2.11. The Labute approximate surface area is 83.9 Å². The van der Waals surface area contributed by atoms with Crippen molar-refractivity contribution in [2.75, 3.05) is 7.05 Å². The van der Waals surface area contributed by atoms with E-state index in [1.54, 1.807) is 7.05 Å². The van der Waals surface area contributed by atoms with Gasteiger partial charge in [-0.3, -0.25) is 10.2 Å². The predicted octanol–water partition coefficient (Wildman–Crippen LogP) is 1.72. The number of amidine groups is 1. The molecular weight excluding hydrogens is 176 g/mol. The Morgan fingerprint density at radius 2 is 2.07 bits per heavy atom. The average molecular weight is 190 g/mol. The summed E-state index contributed by atoms with van der Waals surface area (Å²) in [4.78, 5) is 11.7. The number of amides is 1. The lowest BCUT2D eigenvalue weighted by molar-refractivity contribution is -0.114. The molecule has 3 nitrogen and oxygen atoms in total. The van der Waals surface area contributed by atoms with Gasteiger partial charge in [-0.05, 0) is 19.4 Å². The standard InChI is InChI=1S/C11H14N2O/c1-8-4-5-10(9(2)6-8)11(12)13(3)7-14/h4-7,12H,1-3H3. The van der Waals surface area contributed by atoms with Gasteiger partial charge in [0, 0.05) is 12.6 Å². The SMILES string of the molecule is Cc1ccc(C(=N)N(C)C=O)c(C)c1. The highest BCUT2D eigenvalue weighted by atomic mass is 16.1. The number of nitrogens with one attached hydrogen (secondary N) is 1. The van der Waals surface area contributed by atoms with Gasteiger partial charge < -0.3 is 4.90 Å². The van der Waals surface area contributed by atoms with Crippen molar-refractivity contribution < 1.29 is 4.79 Å². The Morgan fingerprint density at radius 3 is 2.57 bits per heavy atom. The highest BCUT2D eigenvalue weighted by Gasteiger charge is 2.08. The van der Waals surface area contributed by atoms with Gasteiger partial charge in [0.05, 0.1) is 0 Å². The number of nitrogens with zero attached hydrogens (tertiary/aromatic N) is 1. The molecule has 1 amide bonds. The number of hydrogen-bond acceptors (Lipinski definition) is 2. The fourth-order valence-corrected chi connectivity index (χ4v) is 1.32. The zero-order valence-electron chi connectivity index (χ0n) is 8.66. The Morgan fingerprint density at radius 1 is 1.43 bits per heavy atom. The zero-order chi connectivity index (χ0) is 10.7. The molecule has 74 valence electrons. The van der Waals surface area contributed by atoms with E-state index < -0.39 is 0 Å². The van der Waals surface area contributed by atoms with Crippen LogP contribution in [-0.2, 0) is 4.79 Å². The van der Waals surface area contributed by atoms with E-state index in [9.17, 15) is 4.79 Å². The van der Waals surface area contributed by atoms with Crippen molar-refractivity contribution in [3.8, 4) is 0 Å². The zero-order valence-corrected chi connectivity index (χ0v) is 8.66. The number of carbonyl (C=O) groups is 1. The van der Waals surface area contributed by atoms with Crippen LogP contribution in [-0.4, -0.2) is 24.2 Å². The molecule has 0 aliphatic heterocycles. The molecule has 0 fully saturated rings. The second kappa shape index (κ2) is 4.05. The number of carbonyl (C=O) groups excluding carboxylic acids is 1. The molecule has 0 saturated carbocycles. The molecule has 0 spiro atoms. The second-order valence-corrected chi connectivity index (χ2v) is 3.38. The fraction of sp³-hybridized carbons (Fsp3) is 0.273. The molecule has 0 heterocycles. The van der Waals surface area contributed by atoms with E-state index in [1.807, 2.05) is 32.0 Å². The van der Waals surface area contributed by atoms with E-state index >= 15 is 0 Å². The lowest BCUT2D eigenvalue weighted by Gasteiger charge is -2.14. The summed E-state index contributed by atoms with van der Waals surface area (Å²) in [6.45, 7) is 3.94. The molecule has 0 radical (unpaired) electrons. The molecule has 0 aromatic heterocycles. The summed E-state index contributed by atoms with van der Waals surface area (Å²) in [6.07, 6.45) is 0.641. The van der Waals surface area contributed by atoms with E-state index in [1.165, 1.54) is 4.90 Å². The summed E-state index contributed by atoms with van der Waals surface area (Å²) < 4.78 is 0. The fourth-order valence-electron chi connectivity index (χ4n) is 1.32. The lowest BCUT2D eigenvalue weighted by atomic mass is 10.0. The van der Waals surface area contributed by atoms with Gasteiger partial charge in [-0.25, -0.2) is 0 Å². The molecule has 1 aromatic carbocycles. The minimum absolute atomic E-state index is 0.234. The predicted molar refractivity (Wildman–Crippen MR) is 56.6 cm³/mol. The first-order valence-corrected chi connectivity index (χ1v) is 4.40. The topological polar surface area (TPSA) is 44.2 Å². The van der Waals surface area contributed by atoms with Crippen molar-refractivity contribution in [3.63, 3.8) is 0 Å². The van der Waals surface area contributed by atoms with Crippen LogP contribution in [0.25, 0.3) is 0 Å². The first kappa shape index (κ1) is 10.4. The molecule has 0 atom stereocenters. The van der Waals surface area contributed by atoms with Crippen LogP contribution in [0.2, 0.25) is 0 Å². The van der Waals surface area contributed by atoms with Gasteiger partial charge in [0.2, 0.25) is 6.41 Å². The summed E-state index contributed by atoms with van der Waals surface area (Å²) in [6, 6.07) is 5.81. The van der Waals surface area contributed by atoms with Crippen molar-refractivity contribution in [1.82, 2.24) is 4.90 Å². The van der Waals surface area contributed by atoms with Crippen LogP contribution < -0.4 is 0 Å². The second-order valence-electron chi connectivity index (χ2n) is 3.38. The average Bonchev–Trinajstić information content (AvgIpc) is 2.15. The molecule has 0 unspecified atom stereocenters. The molecule has 14 heavy (non-hydrogen) atoms. The first-order valence-electron chi connectivity index (χ1n) is 4.40. The molecule has 1 aromatic rings. The van der Waals surface area contributed by atoms with Crippen LogP contribution in [0.5, 0.6) is 0 Å². The third kappa shape index (κ3) is 1.99. The van der Waals surface area contributed by atoms with Crippen LogP contribution in [0.15, 0.2) is 18.2 Å². The minimum atomic E-state index is 0.234. The third-order valence-electron chi connectivity index (χ3n) is 2.15. The molecular formula is C11H14N2O. The molecule has 0 aliphatic rings. The quantitative estimate of drug-likeness (QED) is 0.430. The largest absolute Gasteiger partial charge is 0.303 e. The maximum Gasteiger partial charge on any atom is 0.215 e. The maximum absolute atomic E-state index is 10.5. The minimum Gasteiger partial charge on any atom is -0.303 e. The Bertz CT molecular complexity index is 372. The van der Waals surface area contributed by atoms with Crippen molar-refractivity contribution in [3.05, 3.63) is 34.9 Å². The van der Waals surface area contributed by atoms with Gasteiger partial charge in [-0.2, -0.15) is 0 Å². The lowest BCUT2D eigenvalue weighted by Crippen LogP contribution is -2.25. The highest BCUT2D eigenvalue weighted by molar-refractivity contribution is 6.02. The van der Waals surface area contributed by atoms with E-state index in [-0.39, 0.29) is 5.84 Å². The Balaban J connectivity index is 3.07. The van der Waals surface area contributed by atoms with Crippen molar-refractivity contribution >= 4 is 12.2 Å². The van der Waals surface area contributed by atoms with Gasteiger partial charge in [-0.1, -0.05) is 23.8 Å². The summed E-state index contributed by atoms with van der Waals surface area (Å²) >= 11 is 0. The molecule has 0 saturated heterocycles. The van der Waals surface area contributed by atoms with Gasteiger partial charge in [0.1, 0.15) is 5.84 Å². The number of hydrogen-bond donors (Lipinski definition) is 1. The molecule has 1 N–H and O–H groups in total. The van der Waals surface area contributed by atoms with Crippen molar-refractivity contribution in [2.45, 2.75) is 13.8 Å². The Hall–Kier alpha value is -1.64. The van der Waals surface area contributed by atoms with Crippen LogP contribution in [0, 0.1) is 19.3 Å². The van der Waals surface area contributed by atoms with E-state index in [2.05, 4.69) is 0 Å². The number of aryl methyl sites for hydroxylation is 2. The van der Waals surface area contributed by atoms with Crippen LogP contribution in [0.3, 0.4) is 0 Å². The maximum atomic E-state index is 10.5. The van der Waals surface area contributed by atoms with Crippen molar-refractivity contribution in [1.29, 1.82) is 5.41 Å². The first-order chi connectivity index (χ1) is 6.56. The molecule has 3 heteroatoms. The third-order valence-corrected chi connectivity index (χ3v) is 2.15. The van der Waals surface area contributed by atoms with E-state index in [0.717, 1.165) is 16.7 Å². The van der Waals surface area contributed by atoms with Crippen molar-refractivity contribution in [2.24, 2.45) is 0 Å².